The van der Waals surface area contributed by atoms with Gasteiger partial charge in [-0.2, -0.15) is 5.26 Å². The summed E-state index contributed by atoms with van der Waals surface area (Å²) in [4.78, 5) is 12.8. The van der Waals surface area contributed by atoms with Crippen molar-refractivity contribution in [2.24, 2.45) is 0 Å². The van der Waals surface area contributed by atoms with Crippen molar-refractivity contribution in [1.29, 1.82) is 5.26 Å². The number of ether oxygens (including phenoxy) is 1. The second-order valence-corrected chi connectivity index (χ2v) is 10.2. The van der Waals surface area contributed by atoms with E-state index in [0.29, 0.717) is 33.5 Å². The van der Waals surface area contributed by atoms with Gasteiger partial charge >= 0.3 is 0 Å². The zero-order chi connectivity index (χ0) is 25.9. The minimum atomic E-state index is -3.36. The highest BCUT2D eigenvalue weighted by molar-refractivity contribution is 7.90. The Hall–Kier alpha value is -4.36. The predicted molar refractivity (Wildman–Crippen MR) is 134 cm³/mol. The van der Waals surface area contributed by atoms with Crippen molar-refractivity contribution in [2.45, 2.75) is 6.61 Å². The van der Waals surface area contributed by atoms with Gasteiger partial charge in [-0.05, 0) is 48.0 Å². The molecule has 8 nitrogen and oxygen atoms in total. The fourth-order valence-corrected chi connectivity index (χ4v) is 4.00. The second kappa shape index (κ2) is 10.1. The zero-order valence-corrected chi connectivity index (χ0v) is 20.3. The van der Waals surface area contributed by atoms with Crippen LogP contribution in [0.5, 0.6) is 5.75 Å². The highest BCUT2D eigenvalue weighted by Gasteiger charge is 2.24. The first-order valence-electron chi connectivity index (χ1n) is 10.8. The first kappa shape index (κ1) is 24.8. The van der Waals surface area contributed by atoms with Crippen molar-refractivity contribution < 1.29 is 26.8 Å². The Morgan fingerprint density at radius 2 is 1.81 bits per heavy atom. The van der Waals surface area contributed by atoms with Crippen LogP contribution in [0.2, 0.25) is 0 Å². The molecule has 3 aromatic carbocycles. The third kappa shape index (κ3) is 5.47. The summed E-state index contributed by atoms with van der Waals surface area (Å²) in [6, 6.07) is 17.6. The van der Waals surface area contributed by atoms with E-state index in [1.54, 1.807) is 36.4 Å². The van der Waals surface area contributed by atoms with E-state index < -0.39 is 21.6 Å². The van der Waals surface area contributed by atoms with Gasteiger partial charge in [-0.25, -0.2) is 12.8 Å². The van der Waals surface area contributed by atoms with E-state index in [2.05, 4.69) is 16.7 Å². The molecular formula is C26H22FN3O5S. The van der Waals surface area contributed by atoms with Gasteiger partial charge in [0.05, 0.1) is 22.9 Å². The van der Waals surface area contributed by atoms with Crippen molar-refractivity contribution in [3.05, 3.63) is 83.2 Å². The number of carbonyl (C=O) groups excluding carboxylic acids is 1. The van der Waals surface area contributed by atoms with E-state index in [1.807, 2.05) is 0 Å². The smallest absolute Gasteiger partial charge is 0.255 e. The summed E-state index contributed by atoms with van der Waals surface area (Å²) in [6.45, 7) is 0.128. The van der Waals surface area contributed by atoms with Crippen molar-refractivity contribution in [3.63, 3.8) is 0 Å². The number of furan rings is 1. The van der Waals surface area contributed by atoms with E-state index in [4.69, 9.17) is 14.4 Å². The van der Waals surface area contributed by atoms with Crippen LogP contribution in [0.15, 0.2) is 65.1 Å². The number of rotatable bonds is 8. The molecule has 0 spiro atoms. The zero-order valence-electron chi connectivity index (χ0n) is 19.5. The number of anilines is 1. The molecule has 0 atom stereocenters. The highest BCUT2D eigenvalue weighted by atomic mass is 32.2. The maximum absolute atomic E-state index is 13.5. The standard InChI is InChI=1S/C26H22FN3O5S/c1-29-26(31)24-20-11-23(34-14-17-5-3-16(13-28)4-6-17)21(30-15-36(2,32)33)12-22(20)35-25(24)18-7-9-19(27)10-8-18/h3-12,30H,14-15H2,1-2H3,(H,29,31). The van der Waals surface area contributed by atoms with Crippen LogP contribution in [0.4, 0.5) is 10.1 Å². The van der Waals surface area contributed by atoms with Crippen LogP contribution in [-0.4, -0.2) is 33.5 Å². The van der Waals surface area contributed by atoms with Crippen molar-refractivity contribution >= 4 is 32.4 Å². The fourth-order valence-electron chi connectivity index (χ4n) is 3.58. The molecule has 4 rings (SSSR count). The van der Waals surface area contributed by atoms with E-state index in [1.165, 1.54) is 31.3 Å². The molecule has 0 saturated heterocycles. The third-order valence-electron chi connectivity index (χ3n) is 5.35. The van der Waals surface area contributed by atoms with Crippen LogP contribution >= 0.6 is 0 Å². The molecule has 1 amide bonds. The summed E-state index contributed by atoms with van der Waals surface area (Å²) in [5, 5.41) is 14.9. The number of sulfone groups is 1. The molecule has 0 aliphatic carbocycles. The summed E-state index contributed by atoms with van der Waals surface area (Å²) in [5.74, 6) is -0.653. The number of carbonyl (C=O) groups is 1. The number of hydrogen-bond donors (Lipinski definition) is 2. The minimum Gasteiger partial charge on any atom is -0.487 e. The lowest BCUT2D eigenvalue weighted by atomic mass is 10.0. The monoisotopic (exact) mass is 507 g/mol. The summed E-state index contributed by atoms with van der Waals surface area (Å²) in [7, 11) is -1.88. The average molecular weight is 508 g/mol. The largest absolute Gasteiger partial charge is 0.487 e. The van der Waals surface area contributed by atoms with Crippen LogP contribution < -0.4 is 15.4 Å². The molecule has 0 saturated carbocycles. The first-order chi connectivity index (χ1) is 17.2. The minimum absolute atomic E-state index is 0.128. The van der Waals surface area contributed by atoms with Gasteiger partial charge in [0.25, 0.3) is 5.91 Å². The molecule has 0 fully saturated rings. The van der Waals surface area contributed by atoms with Gasteiger partial charge in [0.15, 0.2) is 9.84 Å². The van der Waals surface area contributed by atoms with E-state index >= 15 is 0 Å². The SMILES string of the molecule is CNC(=O)c1c(-c2ccc(F)cc2)oc2cc(NCS(C)(=O)=O)c(OCc3ccc(C#N)cc3)cc12. The van der Waals surface area contributed by atoms with E-state index in [9.17, 15) is 17.6 Å². The Labute approximate surface area is 207 Å². The third-order valence-corrected chi connectivity index (χ3v) is 6.02. The second-order valence-electron chi connectivity index (χ2n) is 8.08. The molecule has 184 valence electrons. The Morgan fingerprint density at radius 1 is 1.11 bits per heavy atom. The van der Waals surface area contributed by atoms with Crippen molar-refractivity contribution in [1.82, 2.24) is 5.32 Å². The van der Waals surface area contributed by atoms with Gasteiger partial charge in [0, 0.05) is 30.3 Å². The maximum Gasteiger partial charge on any atom is 0.255 e. The molecule has 0 unspecified atom stereocenters. The number of benzene rings is 3. The van der Waals surface area contributed by atoms with Crippen LogP contribution in [0.25, 0.3) is 22.3 Å². The Morgan fingerprint density at radius 3 is 2.42 bits per heavy atom. The molecule has 0 radical (unpaired) electrons. The maximum atomic E-state index is 13.5. The van der Waals surface area contributed by atoms with Crippen molar-refractivity contribution in [2.75, 3.05) is 24.5 Å². The number of fused-ring (bicyclic) bond motifs is 1. The average Bonchev–Trinajstić information content (AvgIpc) is 3.23. The first-order valence-corrected chi connectivity index (χ1v) is 12.9. The fraction of sp³-hybridized carbons (Fsp3) is 0.154. The molecule has 1 heterocycles. The van der Waals surface area contributed by atoms with Gasteiger partial charge in [-0.1, -0.05) is 12.1 Å². The molecule has 0 aliphatic heterocycles. The molecule has 0 aliphatic rings. The van der Waals surface area contributed by atoms with Crippen LogP contribution in [-0.2, 0) is 16.4 Å². The molecule has 1 aromatic heterocycles. The summed E-state index contributed by atoms with van der Waals surface area (Å²) >= 11 is 0. The van der Waals surface area contributed by atoms with Crippen LogP contribution in [0, 0.1) is 17.1 Å². The Balaban J connectivity index is 1.82. The normalized spacial score (nSPS) is 11.2. The number of nitriles is 1. The van der Waals surface area contributed by atoms with Gasteiger partial charge in [-0.3, -0.25) is 4.79 Å². The number of nitrogens with zero attached hydrogens (tertiary/aromatic N) is 1. The van der Waals surface area contributed by atoms with Crippen LogP contribution in [0.1, 0.15) is 21.5 Å². The Bertz CT molecular complexity index is 1570. The number of nitrogens with one attached hydrogen (secondary N) is 2. The molecule has 2 N–H and O–H groups in total. The van der Waals surface area contributed by atoms with Gasteiger partial charge in [-0.15, -0.1) is 0 Å². The number of hydrogen-bond acceptors (Lipinski definition) is 7. The topological polar surface area (TPSA) is 121 Å². The predicted octanol–water partition coefficient (Wildman–Crippen LogP) is 4.46. The lowest BCUT2D eigenvalue weighted by molar-refractivity contribution is 0.0964. The Kier molecular flexibility index (Phi) is 6.94. The van der Waals surface area contributed by atoms with E-state index in [-0.39, 0.29) is 23.8 Å². The van der Waals surface area contributed by atoms with Gasteiger partial charge in [0.2, 0.25) is 0 Å². The highest BCUT2D eigenvalue weighted by Crippen LogP contribution is 2.39. The molecule has 10 heteroatoms. The van der Waals surface area contributed by atoms with Crippen molar-refractivity contribution in [3.8, 4) is 23.1 Å². The molecule has 4 aromatic rings. The molecule has 36 heavy (non-hydrogen) atoms. The molecule has 0 bridgehead atoms. The van der Waals surface area contributed by atoms with Crippen LogP contribution in [0.3, 0.4) is 0 Å². The summed E-state index contributed by atoms with van der Waals surface area (Å²) in [6.07, 6.45) is 1.10. The lowest BCUT2D eigenvalue weighted by Gasteiger charge is -2.13. The summed E-state index contributed by atoms with van der Waals surface area (Å²) < 4.78 is 49.1. The van der Waals surface area contributed by atoms with E-state index in [0.717, 1.165) is 11.8 Å². The summed E-state index contributed by atoms with van der Waals surface area (Å²) in [5.41, 5.74) is 2.69. The number of amides is 1. The van der Waals surface area contributed by atoms with Gasteiger partial charge < -0.3 is 19.8 Å². The quantitative estimate of drug-likeness (QED) is 0.361. The van der Waals surface area contributed by atoms with Gasteiger partial charge in [0.1, 0.15) is 35.4 Å². The number of halogens is 1. The lowest BCUT2D eigenvalue weighted by Crippen LogP contribution is -2.18. The molecular weight excluding hydrogens is 485 g/mol.